The Kier molecular flexibility index (Phi) is 3.88. The van der Waals surface area contributed by atoms with Crippen LogP contribution in [0.1, 0.15) is 12.8 Å². The monoisotopic (exact) mass is 289 g/mol. The van der Waals surface area contributed by atoms with Gasteiger partial charge in [0.05, 0.1) is 0 Å². The molecule has 1 unspecified atom stereocenters. The summed E-state index contributed by atoms with van der Waals surface area (Å²) in [6.07, 6.45) is 2.10. The quantitative estimate of drug-likeness (QED) is 0.619. The molecule has 8 nitrogen and oxygen atoms in total. The van der Waals surface area contributed by atoms with Gasteiger partial charge in [0, 0.05) is 25.9 Å². The predicted octanol–water partition coefficient (Wildman–Crippen LogP) is -1.54. The molecule has 0 amide bonds. The second kappa shape index (κ2) is 5.27. The standard InChI is InChI=1S/C10H15N3O5S/c14-4-2-7-1-3-13(6-7)19(17,18)8-5-11-10(16)12-9(8)15/h5,7,14H,1-4,6H2,(H2,11,12,15,16). The SMILES string of the molecule is O=c1[nH]cc(S(=O)(=O)N2CCC(CCO)C2)c(=O)[nH]1. The van der Waals surface area contributed by atoms with Crippen LogP contribution in [0.15, 0.2) is 20.7 Å². The summed E-state index contributed by atoms with van der Waals surface area (Å²) in [5.74, 6) is 0.0987. The molecule has 2 rings (SSSR count). The molecule has 9 heteroatoms. The summed E-state index contributed by atoms with van der Waals surface area (Å²) in [7, 11) is -3.90. The fourth-order valence-electron chi connectivity index (χ4n) is 2.16. The number of hydrogen-bond acceptors (Lipinski definition) is 5. The fourth-order valence-corrected chi connectivity index (χ4v) is 3.69. The van der Waals surface area contributed by atoms with Crippen molar-refractivity contribution < 1.29 is 13.5 Å². The molecule has 3 N–H and O–H groups in total. The summed E-state index contributed by atoms with van der Waals surface area (Å²) in [5.41, 5.74) is -1.67. The van der Waals surface area contributed by atoms with Crippen LogP contribution in [0.4, 0.5) is 0 Å². The number of H-pyrrole nitrogens is 2. The van der Waals surface area contributed by atoms with E-state index in [1.807, 2.05) is 4.98 Å². The van der Waals surface area contributed by atoms with Gasteiger partial charge in [0.2, 0.25) is 10.0 Å². The van der Waals surface area contributed by atoms with E-state index in [0.717, 1.165) is 6.20 Å². The van der Waals surface area contributed by atoms with Crippen LogP contribution in [-0.2, 0) is 10.0 Å². The Morgan fingerprint density at radius 1 is 1.42 bits per heavy atom. The van der Waals surface area contributed by atoms with Crippen LogP contribution < -0.4 is 11.2 Å². The third-order valence-corrected chi connectivity index (χ3v) is 5.06. The Morgan fingerprint density at radius 3 is 2.79 bits per heavy atom. The van der Waals surface area contributed by atoms with Crippen LogP contribution in [0.3, 0.4) is 0 Å². The minimum atomic E-state index is -3.90. The molecule has 0 spiro atoms. The highest BCUT2D eigenvalue weighted by Crippen LogP contribution is 2.24. The molecule has 0 bridgehead atoms. The van der Waals surface area contributed by atoms with Crippen LogP contribution in [-0.4, -0.2) is 47.5 Å². The first-order chi connectivity index (χ1) is 8.95. The number of rotatable bonds is 4. The molecule has 1 aliphatic rings. The summed E-state index contributed by atoms with van der Waals surface area (Å²) < 4.78 is 25.7. The molecule has 1 saturated heterocycles. The summed E-state index contributed by atoms with van der Waals surface area (Å²) in [6, 6.07) is 0. The van der Waals surface area contributed by atoms with Crippen molar-refractivity contribution in [2.45, 2.75) is 17.7 Å². The molecule has 1 aromatic heterocycles. The fraction of sp³-hybridized carbons (Fsp3) is 0.600. The first kappa shape index (κ1) is 14.0. The normalized spacial score (nSPS) is 20.8. The van der Waals surface area contributed by atoms with Crippen molar-refractivity contribution in [1.82, 2.24) is 14.3 Å². The largest absolute Gasteiger partial charge is 0.396 e. The summed E-state index contributed by atoms with van der Waals surface area (Å²) in [4.78, 5) is 26.0. The van der Waals surface area contributed by atoms with Crippen LogP contribution >= 0.6 is 0 Å². The minimum absolute atomic E-state index is 0.0117. The molecule has 106 valence electrons. The molecule has 0 aromatic carbocycles. The van der Waals surface area contributed by atoms with E-state index in [4.69, 9.17) is 5.11 Å². The third kappa shape index (κ3) is 2.77. The van der Waals surface area contributed by atoms with Gasteiger partial charge in [0.1, 0.15) is 0 Å². The average Bonchev–Trinajstić information content (AvgIpc) is 2.78. The van der Waals surface area contributed by atoms with Gasteiger partial charge in [-0.25, -0.2) is 13.2 Å². The molecule has 1 aliphatic heterocycles. The number of sulfonamides is 1. The number of aliphatic hydroxyl groups excluding tert-OH is 1. The van der Waals surface area contributed by atoms with Gasteiger partial charge < -0.3 is 10.1 Å². The maximum absolute atomic E-state index is 12.2. The van der Waals surface area contributed by atoms with Crippen molar-refractivity contribution in [2.24, 2.45) is 5.92 Å². The number of aromatic nitrogens is 2. The summed E-state index contributed by atoms with van der Waals surface area (Å²) in [5, 5.41) is 8.84. The molecule has 0 radical (unpaired) electrons. The number of aliphatic hydroxyl groups is 1. The second-order valence-electron chi connectivity index (χ2n) is 4.47. The third-order valence-electron chi connectivity index (χ3n) is 3.19. The summed E-state index contributed by atoms with van der Waals surface area (Å²) in [6.45, 7) is 0.602. The van der Waals surface area contributed by atoms with E-state index >= 15 is 0 Å². The number of nitrogens with one attached hydrogen (secondary N) is 2. The topological polar surface area (TPSA) is 123 Å². The highest BCUT2D eigenvalue weighted by Gasteiger charge is 2.33. The van der Waals surface area contributed by atoms with Crippen molar-refractivity contribution in [3.8, 4) is 0 Å². The van der Waals surface area contributed by atoms with E-state index < -0.39 is 26.2 Å². The van der Waals surface area contributed by atoms with Gasteiger partial charge in [-0.1, -0.05) is 0 Å². The van der Waals surface area contributed by atoms with E-state index in [2.05, 4.69) is 4.98 Å². The Balaban J connectivity index is 2.29. The van der Waals surface area contributed by atoms with E-state index in [-0.39, 0.29) is 19.1 Å². The highest BCUT2D eigenvalue weighted by molar-refractivity contribution is 7.89. The van der Waals surface area contributed by atoms with Crippen LogP contribution in [0.2, 0.25) is 0 Å². The van der Waals surface area contributed by atoms with Crippen molar-refractivity contribution in [2.75, 3.05) is 19.7 Å². The first-order valence-electron chi connectivity index (χ1n) is 5.88. The zero-order valence-corrected chi connectivity index (χ0v) is 10.9. The Hall–Kier alpha value is -1.45. The zero-order chi connectivity index (χ0) is 14.0. The van der Waals surface area contributed by atoms with Crippen molar-refractivity contribution in [3.63, 3.8) is 0 Å². The molecular formula is C10H15N3O5S. The van der Waals surface area contributed by atoms with Crippen LogP contribution in [0.5, 0.6) is 0 Å². The lowest BCUT2D eigenvalue weighted by atomic mass is 10.1. The lowest BCUT2D eigenvalue weighted by Gasteiger charge is -2.15. The van der Waals surface area contributed by atoms with E-state index in [1.165, 1.54) is 4.31 Å². The van der Waals surface area contributed by atoms with E-state index in [0.29, 0.717) is 19.4 Å². The molecule has 0 saturated carbocycles. The van der Waals surface area contributed by atoms with Crippen LogP contribution in [0.25, 0.3) is 0 Å². The molecular weight excluding hydrogens is 274 g/mol. The molecule has 1 aromatic rings. The second-order valence-corrected chi connectivity index (χ2v) is 6.37. The van der Waals surface area contributed by atoms with Gasteiger partial charge in [0.15, 0.2) is 4.90 Å². The van der Waals surface area contributed by atoms with Gasteiger partial charge in [-0.15, -0.1) is 0 Å². The van der Waals surface area contributed by atoms with Gasteiger partial charge >= 0.3 is 5.69 Å². The lowest BCUT2D eigenvalue weighted by molar-refractivity contribution is 0.259. The van der Waals surface area contributed by atoms with Crippen LogP contribution in [0, 0.1) is 5.92 Å². The maximum Gasteiger partial charge on any atom is 0.325 e. The molecule has 19 heavy (non-hydrogen) atoms. The lowest BCUT2D eigenvalue weighted by Crippen LogP contribution is -2.35. The minimum Gasteiger partial charge on any atom is -0.396 e. The zero-order valence-electron chi connectivity index (χ0n) is 10.1. The summed E-state index contributed by atoms with van der Waals surface area (Å²) >= 11 is 0. The van der Waals surface area contributed by atoms with Gasteiger partial charge in [-0.05, 0) is 18.8 Å². The Morgan fingerprint density at radius 2 is 2.16 bits per heavy atom. The maximum atomic E-state index is 12.2. The van der Waals surface area contributed by atoms with Crippen molar-refractivity contribution in [3.05, 3.63) is 27.0 Å². The van der Waals surface area contributed by atoms with Crippen molar-refractivity contribution in [1.29, 1.82) is 0 Å². The number of aromatic amines is 2. The highest BCUT2D eigenvalue weighted by atomic mass is 32.2. The van der Waals surface area contributed by atoms with Gasteiger partial charge in [0.25, 0.3) is 5.56 Å². The number of hydrogen-bond donors (Lipinski definition) is 3. The first-order valence-corrected chi connectivity index (χ1v) is 7.32. The predicted molar refractivity (Wildman–Crippen MR) is 66.3 cm³/mol. The molecule has 1 atom stereocenters. The Labute approximate surface area is 109 Å². The molecule has 2 heterocycles. The smallest absolute Gasteiger partial charge is 0.325 e. The molecule has 1 fully saturated rings. The van der Waals surface area contributed by atoms with E-state index in [1.54, 1.807) is 0 Å². The van der Waals surface area contributed by atoms with Gasteiger partial charge in [-0.2, -0.15) is 4.31 Å². The average molecular weight is 289 g/mol. The van der Waals surface area contributed by atoms with Crippen molar-refractivity contribution >= 4 is 10.0 Å². The van der Waals surface area contributed by atoms with Gasteiger partial charge in [-0.3, -0.25) is 9.78 Å². The molecule has 0 aliphatic carbocycles. The Bertz CT molecular complexity index is 662. The van der Waals surface area contributed by atoms with E-state index in [9.17, 15) is 18.0 Å². The number of nitrogens with zero attached hydrogens (tertiary/aromatic N) is 1.